The molecule has 0 spiro atoms. The maximum Gasteiger partial charge on any atom is 0.0238 e. The molecule has 0 fully saturated rings. The lowest BCUT2D eigenvalue weighted by Gasteiger charge is -2.21. The minimum absolute atomic E-state index is 0.253. The molecule has 2 nitrogen and oxygen atoms in total. The Labute approximate surface area is 110 Å². The summed E-state index contributed by atoms with van der Waals surface area (Å²) in [6.45, 7) is 10.0. The highest BCUT2D eigenvalue weighted by Crippen LogP contribution is 2.08. The van der Waals surface area contributed by atoms with Gasteiger partial charge < -0.3 is 10.2 Å². The van der Waals surface area contributed by atoms with Gasteiger partial charge in [-0.2, -0.15) is 11.3 Å². The lowest BCUT2D eigenvalue weighted by Crippen LogP contribution is -2.36. The van der Waals surface area contributed by atoms with Gasteiger partial charge in [-0.1, -0.05) is 0 Å². The van der Waals surface area contributed by atoms with E-state index in [4.69, 9.17) is 0 Å². The summed E-state index contributed by atoms with van der Waals surface area (Å²) in [7, 11) is 2.20. The fourth-order valence-electron chi connectivity index (χ4n) is 1.74. The second-order valence-electron chi connectivity index (χ2n) is 5.75. The van der Waals surface area contributed by atoms with Gasteiger partial charge in [0, 0.05) is 12.1 Å². The summed E-state index contributed by atoms with van der Waals surface area (Å²) in [5.41, 5.74) is 1.69. The van der Waals surface area contributed by atoms with E-state index in [1.807, 2.05) is 0 Å². The van der Waals surface area contributed by atoms with E-state index < -0.39 is 0 Å². The predicted octanol–water partition coefficient (Wildman–Crippen LogP) is 3.35. The lowest BCUT2D eigenvalue weighted by molar-refractivity contribution is 0.314. The number of nitrogens with zero attached hydrogens (tertiary/aromatic N) is 1. The summed E-state index contributed by atoms with van der Waals surface area (Å²) in [5.74, 6) is 0. The van der Waals surface area contributed by atoms with Crippen molar-refractivity contribution in [3.8, 4) is 0 Å². The Morgan fingerprint density at radius 1 is 1.29 bits per heavy atom. The Balaban J connectivity index is 2.03. The van der Waals surface area contributed by atoms with E-state index in [2.05, 4.69) is 54.9 Å². The fourth-order valence-corrected chi connectivity index (χ4v) is 2.40. The Bertz CT molecular complexity index is 288. The molecule has 0 atom stereocenters. The average Bonchev–Trinajstić information content (AvgIpc) is 2.68. The molecule has 1 rings (SSSR count). The summed E-state index contributed by atoms with van der Waals surface area (Å²) in [5, 5.41) is 7.91. The molecule has 0 aromatic carbocycles. The molecule has 0 amide bonds. The zero-order chi connectivity index (χ0) is 12.7. The molecule has 0 bridgehead atoms. The Morgan fingerprint density at radius 3 is 2.65 bits per heavy atom. The van der Waals surface area contributed by atoms with E-state index >= 15 is 0 Å². The van der Waals surface area contributed by atoms with Crippen molar-refractivity contribution in [2.75, 3.05) is 20.1 Å². The van der Waals surface area contributed by atoms with E-state index in [1.165, 1.54) is 24.9 Å². The van der Waals surface area contributed by atoms with Crippen molar-refractivity contribution in [3.63, 3.8) is 0 Å². The molecule has 0 aliphatic rings. The number of unbranched alkanes of at least 4 members (excludes halogenated alkanes) is 1. The standard InChI is InChI=1S/C14H26N2S/c1-14(2,3)15-8-5-6-9-16(4)11-13-7-10-17-12-13/h7,10,12,15H,5-6,8-9,11H2,1-4H3. The van der Waals surface area contributed by atoms with Crippen LogP contribution in [0.2, 0.25) is 0 Å². The van der Waals surface area contributed by atoms with Crippen LogP contribution in [0, 0.1) is 0 Å². The summed E-state index contributed by atoms with van der Waals surface area (Å²) >= 11 is 1.78. The highest BCUT2D eigenvalue weighted by atomic mass is 32.1. The minimum Gasteiger partial charge on any atom is -0.312 e. The predicted molar refractivity (Wildman–Crippen MR) is 77.6 cm³/mol. The van der Waals surface area contributed by atoms with Crippen molar-refractivity contribution < 1.29 is 0 Å². The molecule has 0 radical (unpaired) electrons. The molecule has 3 heteroatoms. The number of nitrogens with one attached hydrogen (secondary N) is 1. The van der Waals surface area contributed by atoms with Crippen LogP contribution in [0.25, 0.3) is 0 Å². The summed E-state index contributed by atoms with van der Waals surface area (Å²) in [6.07, 6.45) is 2.52. The van der Waals surface area contributed by atoms with Crippen molar-refractivity contribution in [2.45, 2.75) is 45.7 Å². The maximum absolute atomic E-state index is 3.52. The molecular formula is C14H26N2S. The highest BCUT2D eigenvalue weighted by Gasteiger charge is 2.07. The molecule has 0 saturated carbocycles. The first-order valence-electron chi connectivity index (χ1n) is 6.42. The van der Waals surface area contributed by atoms with Crippen molar-refractivity contribution in [1.82, 2.24) is 10.2 Å². The van der Waals surface area contributed by atoms with E-state index in [-0.39, 0.29) is 5.54 Å². The van der Waals surface area contributed by atoms with Crippen LogP contribution in [-0.4, -0.2) is 30.6 Å². The Morgan fingerprint density at radius 2 is 2.06 bits per heavy atom. The van der Waals surface area contributed by atoms with Gasteiger partial charge in [-0.15, -0.1) is 0 Å². The monoisotopic (exact) mass is 254 g/mol. The summed E-state index contributed by atoms with van der Waals surface area (Å²) in [4.78, 5) is 2.40. The molecule has 1 heterocycles. The Hall–Kier alpha value is -0.380. The molecule has 0 aliphatic heterocycles. The van der Waals surface area contributed by atoms with Gasteiger partial charge in [0.2, 0.25) is 0 Å². The van der Waals surface area contributed by atoms with Gasteiger partial charge in [0.25, 0.3) is 0 Å². The number of hydrogen-bond acceptors (Lipinski definition) is 3. The van der Waals surface area contributed by atoms with Gasteiger partial charge in [0.15, 0.2) is 0 Å². The number of thiophene rings is 1. The van der Waals surface area contributed by atoms with Crippen molar-refractivity contribution in [1.29, 1.82) is 0 Å². The average molecular weight is 254 g/mol. The third kappa shape index (κ3) is 7.53. The molecule has 98 valence electrons. The Kier molecular flexibility index (Phi) is 6.17. The molecule has 0 aliphatic carbocycles. The van der Waals surface area contributed by atoms with E-state index in [0.717, 1.165) is 13.1 Å². The second kappa shape index (κ2) is 7.14. The SMILES string of the molecule is CN(CCCCNC(C)(C)C)Cc1ccsc1. The van der Waals surface area contributed by atoms with Gasteiger partial charge >= 0.3 is 0 Å². The zero-order valence-electron chi connectivity index (χ0n) is 11.6. The van der Waals surface area contributed by atoms with Gasteiger partial charge in [0.05, 0.1) is 0 Å². The minimum atomic E-state index is 0.253. The third-order valence-corrected chi connectivity index (χ3v) is 3.39. The largest absolute Gasteiger partial charge is 0.312 e. The third-order valence-electron chi connectivity index (χ3n) is 2.65. The topological polar surface area (TPSA) is 15.3 Å². The second-order valence-corrected chi connectivity index (χ2v) is 6.53. The van der Waals surface area contributed by atoms with Crippen molar-refractivity contribution in [3.05, 3.63) is 22.4 Å². The molecular weight excluding hydrogens is 228 g/mol. The van der Waals surface area contributed by atoms with Crippen molar-refractivity contribution in [2.24, 2.45) is 0 Å². The fraction of sp³-hybridized carbons (Fsp3) is 0.714. The van der Waals surface area contributed by atoms with Crippen LogP contribution in [0.15, 0.2) is 16.8 Å². The zero-order valence-corrected chi connectivity index (χ0v) is 12.4. The number of rotatable bonds is 7. The van der Waals surface area contributed by atoms with E-state index in [0.29, 0.717) is 0 Å². The van der Waals surface area contributed by atoms with Crippen LogP contribution in [0.5, 0.6) is 0 Å². The molecule has 0 saturated heterocycles. The van der Waals surface area contributed by atoms with Crippen LogP contribution in [-0.2, 0) is 6.54 Å². The van der Waals surface area contributed by atoms with Crippen molar-refractivity contribution >= 4 is 11.3 Å². The van der Waals surface area contributed by atoms with Gasteiger partial charge in [0.1, 0.15) is 0 Å². The molecule has 1 N–H and O–H groups in total. The lowest BCUT2D eigenvalue weighted by atomic mass is 10.1. The van der Waals surface area contributed by atoms with Crippen LogP contribution in [0.4, 0.5) is 0 Å². The van der Waals surface area contributed by atoms with Crippen LogP contribution >= 0.6 is 11.3 Å². The quantitative estimate of drug-likeness (QED) is 0.751. The first-order chi connectivity index (χ1) is 7.97. The maximum atomic E-state index is 3.52. The molecule has 1 aromatic heterocycles. The highest BCUT2D eigenvalue weighted by molar-refractivity contribution is 7.07. The van der Waals surface area contributed by atoms with Crippen LogP contribution in [0.1, 0.15) is 39.2 Å². The number of hydrogen-bond donors (Lipinski definition) is 1. The van der Waals surface area contributed by atoms with Gasteiger partial charge in [-0.05, 0) is 76.1 Å². The normalized spacial score (nSPS) is 12.3. The van der Waals surface area contributed by atoms with E-state index in [1.54, 1.807) is 11.3 Å². The molecule has 17 heavy (non-hydrogen) atoms. The van der Waals surface area contributed by atoms with Crippen LogP contribution < -0.4 is 5.32 Å². The smallest absolute Gasteiger partial charge is 0.0238 e. The first kappa shape index (κ1) is 14.7. The first-order valence-corrected chi connectivity index (χ1v) is 7.36. The van der Waals surface area contributed by atoms with Crippen LogP contribution in [0.3, 0.4) is 0 Å². The molecule has 1 aromatic rings. The van der Waals surface area contributed by atoms with E-state index in [9.17, 15) is 0 Å². The van der Waals surface area contributed by atoms with Gasteiger partial charge in [-0.25, -0.2) is 0 Å². The van der Waals surface area contributed by atoms with Gasteiger partial charge in [-0.3, -0.25) is 0 Å². The molecule has 0 unspecified atom stereocenters. The summed E-state index contributed by atoms with van der Waals surface area (Å²) in [6, 6.07) is 2.21. The summed E-state index contributed by atoms with van der Waals surface area (Å²) < 4.78 is 0.